The molecular weight excluding hydrogens is 252 g/mol. The van der Waals surface area contributed by atoms with E-state index in [-0.39, 0.29) is 12.5 Å². The summed E-state index contributed by atoms with van der Waals surface area (Å²) in [5.41, 5.74) is -0.520. The first kappa shape index (κ1) is 19.4. The summed E-state index contributed by atoms with van der Waals surface area (Å²) in [5, 5.41) is 12.2. The number of aliphatic hydroxyl groups excluding tert-OH is 1. The second-order valence-electron chi connectivity index (χ2n) is 5.94. The van der Waals surface area contributed by atoms with E-state index < -0.39 is 5.54 Å². The summed E-state index contributed by atoms with van der Waals surface area (Å²) in [4.78, 5) is 14.5. The molecule has 2 N–H and O–H groups in total. The van der Waals surface area contributed by atoms with Crippen LogP contribution in [0.1, 0.15) is 66.2 Å². The molecule has 0 aromatic carbocycles. The Hall–Kier alpha value is -0.610. The maximum absolute atomic E-state index is 12.6. The molecule has 1 amide bonds. The number of amides is 1. The molecule has 0 saturated carbocycles. The van der Waals surface area contributed by atoms with E-state index in [9.17, 15) is 4.79 Å². The van der Waals surface area contributed by atoms with Crippen molar-refractivity contribution in [1.82, 2.24) is 10.2 Å². The van der Waals surface area contributed by atoms with Gasteiger partial charge in [-0.25, -0.2) is 0 Å². The molecule has 0 atom stereocenters. The molecule has 0 saturated heterocycles. The second kappa shape index (κ2) is 11.1. The van der Waals surface area contributed by atoms with Gasteiger partial charge in [0.25, 0.3) is 0 Å². The summed E-state index contributed by atoms with van der Waals surface area (Å²) >= 11 is 0. The van der Waals surface area contributed by atoms with Gasteiger partial charge in [0.2, 0.25) is 5.91 Å². The molecule has 0 aliphatic rings. The third kappa shape index (κ3) is 7.85. The number of carbonyl (C=O) groups excluding carboxylic acids is 1. The highest BCUT2D eigenvalue weighted by Crippen LogP contribution is 2.11. The van der Waals surface area contributed by atoms with Gasteiger partial charge in [-0.05, 0) is 33.2 Å². The van der Waals surface area contributed by atoms with Crippen molar-refractivity contribution in [2.75, 3.05) is 26.2 Å². The van der Waals surface area contributed by atoms with Gasteiger partial charge in [-0.3, -0.25) is 4.79 Å². The lowest BCUT2D eigenvalue weighted by atomic mass is 10.0. The fraction of sp³-hybridized carbons (Fsp3) is 0.938. The molecule has 0 rings (SSSR count). The van der Waals surface area contributed by atoms with Gasteiger partial charge in [0.05, 0.1) is 5.54 Å². The van der Waals surface area contributed by atoms with Crippen LogP contribution in [0.5, 0.6) is 0 Å². The van der Waals surface area contributed by atoms with E-state index in [0.717, 1.165) is 19.5 Å². The molecule has 0 fully saturated rings. The molecule has 0 bridgehead atoms. The molecule has 0 aromatic rings. The molecule has 4 heteroatoms. The van der Waals surface area contributed by atoms with Crippen molar-refractivity contribution >= 4 is 5.91 Å². The lowest BCUT2D eigenvalue weighted by Crippen LogP contribution is -2.54. The minimum Gasteiger partial charge on any atom is -0.396 e. The minimum atomic E-state index is -0.520. The lowest BCUT2D eigenvalue weighted by Gasteiger charge is -2.32. The maximum Gasteiger partial charge on any atom is 0.242 e. The van der Waals surface area contributed by atoms with Crippen molar-refractivity contribution in [3.05, 3.63) is 0 Å². The van der Waals surface area contributed by atoms with Gasteiger partial charge < -0.3 is 15.3 Å². The van der Waals surface area contributed by atoms with Crippen molar-refractivity contribution in [3.63, 3.8) is 0 Å². The number of rotatable bonds is 12. The fourth-order valence-electron chi connectivity index (χ4n) is 2.40. The monoisotopic (exact) mass is 286 g/mol. The van der Waals surface area contributed by atoms with Crippen LogP contribution < -0.4 is 5.32 Å². The first-order valence-corrected chi connectivity index (χ1v) is 8.14. The summed E-state index contributed by atoms with van der Waals surface area (Å²) in [6.45, 7) is 10.5. The van der Waals surface area contributed by atoms with Gasteiger partial charge in [-0.1, -0.05) is 39.5 Å². The second-order valence-corrected chi connectivity index (χ2v) is 5.94. The molecule has 0 spiro atoms. The predicted molar refractivity (Wildman–Crippen MR) is 84.8 cm³/mol. The molecule has 20 heavy (non-hydrogen) atoms. The van der Waals surface area contributed by atoms with E-state index in [2.05, 4.69) is 12.2 Å². The predicted octanol–water partition coefficient (Wildman–Crippen LogP) is 2.56. The molecule has 120 valence electrons. The number of carbonyl (C=O) groups is 1. The van der Waals surface area contributed by atoms with Crippen molar-refractivity contribution in [3.8, 4) is 0 Å². The van der Waals surface area contributed by atoms with Crippen molar-refractivity contribution in [2.24, 2.45) is 0 Å². The Kier molecular flexibility index (Phi) is 10.8. The number of likely N-dealkylation sites (N-methyl/N-ethyl adjacent to an activating group) is 1. The van der Waals surface area contributed by atoms with Crippen LogP contribution in [0.25, 0.3) is 0 Å². The Balaban J connectivity index is 4.34. The molecule has 0 heterocycles. The van der Waals surface area contributed by atoms with E-state index in [1.54, 1.807) is 0 Å². The average molecular weight is 286 g/mol. The van der Waals surface area contributed by atoms with Crippen LogP contribution in [-0.4, -0.2) is 47.7 Å². The summed E-state index contributed by atoms with van der Waals surface area (Å²) < 4.78 is 0. The van der Waals surface area contributed by atoms with Crippen LogP contribution in [0.3, 0.4) is 0 Å². The Morgan fingerprint density at radius 1 is 1.05 bits per heavy atom. The van der Waals surface area contributed by atoms with Gasteiger partial charge >= 0.3 is 0 Å². The van der Waals surface area contributed by atoms with Gasteiger partial charge in [0.15, 0.2) is 0 Å². The van der Waals surface area contributed by atoms with Crippen LogP contribution in [0.4, 0.5) is 0 Å². The Morgan fingerprint density at radius 3 is 2.20 bits per heavy atom. The molecule has 0 unspecified atom stereocenters. The van der Waals surface area contributed by atoms with Gasteiger partial charge in [0, 0.05) is 19.7 Å². The van der Waals surface area contributed by atoms with Crippen LogP contribution in [0.2, 0.25) is 0 Å². The molecule has 0 aliphatic carbocycles. The van der Waals surface area contributed by atoms with Crippen molar-refractivity contribution in [2.45, 2.75) is 71.8 Å². The summed E-state index contributed by atoms with van der Waals surface area (Å²) in [5.74, 6) is 0.142. The van der Waals surface area contributed by atoms with Crippen LogP contribution >= 0.6 is 0 Å². The standard InChI is InChI=1S/C16H34N2O2/c1-5-7-8-9-10-12-18(13-11-14-19)15(20)16(3,4)17-6-2/h17,19H,5-14H2,1-4H3. The van der Waals surface area contributed by atoms with Gasteiger partial charge in [0.1, 0.15) is 0 Å². The van der Waals surface area contributed by atoms with E-state index in [0.29, 0.717) is 13.0 Å². The minimum absolute atomic E-state index is 0.140. The molecule has 0 radical (unpaired) electrons. The highest BCUT2D eigenvalue weighted by molar-refractivity contribution is 5.85. The Labute approximate surface area is 124 Å². The van der Waals surface area contributed by atoms with Gasteiger partial charge in [-0.2, -0.15) is 0 Å². The van der Waals surface area contributed by atoms with Crippen LogP contribution in [0.15, 0.2) is 0 Å². The fourth-order valence-corrected chi connectivity index (χ4v) is 2.40. The largest absolute Gasteiger partial charge is 0.396 e. The third-order valence-corrected chi connectivity index (χ3v) is 3.56. The number of unbranched alkanes of at least 4 members (excludes halogenated alkanes) is 4. The normalized spacial score (nSPS) is 11.7. The number of nitrogens with zero attached hydrogens (tertiary/aromatic N) is 1. The average Bonchev–Trinajstić information content (AvgIpc) is 2.41. The summed E-state index contributed by atoms with van der Waals surface area (Å²) in [7, 11) is 0. The molecular formula is C16H34N2O2. The number of nitrogens with one attached hydrogen (secondary N) is 1. The van der Waals surface area contributed by atoms with Crippen molar-refractivity contribution < 1.29 is 9.90 Å². The van der Waals surface area contributed by atoms with E-state index in [1.165, 1.54) is 25.7 Å². The lowest BCUT2D eigenvalue weighted by molar-refractivity contribution is -0.137. The van der Waals surface area contributed by atoms with E-state index >= 15 is 0 Å². The topological polar surface area (TPSA) is 52.6 Å². The number of aliphatic hydroxyl groups is 1. The molecule has 0 aromatic heterocycles. The third-order valence-electron chi connectivity index (χ3n) is 3.56. The van der Waals surface area contributed by atoms with Crippen LogP contribution in [0, 0.1) is 0 Å². The molecule has 0 aliphatic heterocycles. The number of hydrogen-bond donors (Lipinski definition) is 2. The highest BCUT2D eigenvalue weighted by Gasteiger charge is 2.30. The SMILES string of the molecule is CCCCCCCN(CCCO)C(=O)C(C)(C)NCC. The first-order valence-electron chi connectivity index (χ1n) is 8.14. The highest BCUT2D eigenvalue weighted by atomic mass is 16.3. The van der Waals surface area contributed by atoms with E-state index in [1.807, 2.05) is 25.7 Å². The first-order chi connectivity index (χ1) is 9.49. The van der Waals surface area contributed by atoms with Crippen molar-refractivity contribution in [1.29, 1.82) is 0 Å². The summed E-state index contributed by atoms with van der Waals surface area (Å²) in [6, 6.07) is 0. The van der Waals surface area contributed by atoms with Crippen LogP contribution in [-0.2, 0) is 4.79 Å². The summed E-state index contributed by atoms with van der Waals surface area (Å²) in [6.07, 6.45) is 6.64. The number of hydrogen-bond acceptors (Lipinski definition) is 3. The Bertz CT molecular complexity index is 255. The van der Waals surface area contributed by atoms with Gasteiger partial charge in [-0.15, -0.1) is 0 Å². The smallest absolute Gasteiger partial charge is 0.242 e. The Morgan fingerprint density at radius 2 is 1.65 bits per heavy atom. The zero-order chi connectivity index (χ0) is 15.4. The zero-order valence-corrected chi connectivity index (χ0v) is 13.9. The maximum atomic E-state index is 12.6. The quantitative estimate of drug-likeness (QED) is 0.542. The zero-order valence-electron chi connectivity index (χ0n) is 13.9. The van der Waals surface area contributed by atoms with E-state index in [4.69, 9.17) is 5.11 Å². The molecule has 4 nitrogen and oxygen atoms in total.